The lowest BCUT2D eigenvalue weighted by molar-refractivity contribution is 0.805. The molecule has 0 spiro atoms. The lowest BCUT2D eigenvalue weighted by Crippen LogP contribution is -2.36. The quantitative estimate of drug-likeness (QED) is 0.204. The third-order valence-electron chi connectivity index (χ3n) is 9.03. The predicted molar refractivity (Wildman–Crippen MR) is 188 cm³/mol. The molecule has 3 heterocycles. The van der Waals surface area contributed by atoms with Crippen LogP contribution in [-0.4, -0.2) is 17.7 Å². The topological polar surface area (TPSA) is 65.8 Å². The van der Waals surface area contributed by atoms with Crippen LogP contribution in [0.3, 0.4) is 0 Å². The third kappa shape index (κ3) is 4.36. The van der Waals surface area contributed by atoms with E-state index < -0.39 is 6.17 Å². The zero-order valence-electron chi connectivity index (χ0n) is 24.7. The normalized spacial score (nSPS) is 19.4. The van der Waals surface area contributed by atoms with Gasteiger partial charge in [0.2, 0.25) is 0 Å². The van der Waals surface area contributed by atoms with E-state index in [4.69, 9.17) is 15.3 Å². The highest BCUT2D eigenvalue weighted by atomic mass is 32.1. The Bertz CT molecular complexity index is 2360. The van der Waals surface area contributed by atoms with Gasteiger partial charge >= 0.3 is 0 Å². The van der Waals surface area contributed by atoms with E-state index in [-0.39, 0.29) is 12.0 Å². The van der Waals surface area contributed by atoms with Crippen molar-refractivity contribution in [2.24, 2.45) is 9.98 Å². The highest BCUT2D eigenvalue weighted by molar-refractivity contribution is 7.17. The van der Waals surface area contributed by atoms with Crippen molar-refractivity contribution < 1.29 is 0 Å². The number of thiophene rings is 1. The number of nitriles is 1. The molecular weight excluding hydrogens is 583 g/mol. The van der Waals surface area contributed by atoms with Crippen molar-refractivity contribution >= 4 is 56.6 Å². The van der Waals surface area contributed by atoms with E-state index in [9.17, 15) is 5.26 Å². The SMILES string of the molecule is N#Cc1ccc(C2N=C(c3ccc(N4c5ccccc5C5C=c6sc7ccccc7c6=CC54)cc3)N=C(c3ccccc3)[N-]2)cc1. The Balaban J connectivity index is 1.11. The molecule has 5 nitrogen and oxygen atoms in total. The fraction of sp³-hybridized carbons (Fsp3) is 0.0750. The monoisotopic (exact) mass is 608 g/mol. The van der Waals surface area contributed by atoms with Crippen LogP contribution in [-0.2, 0) is 0 Å². The number of fused-ring (bicyclic) bond motifs is 6. The van der Waals surface area contributed by atoms with Gasteiger partial charge in [-0.3, -0.25) is 4.99 Å². The molecule has 3 atom stereocenters. The molecule has 0 N–H and O–H groups in total. The van der Waals surface area contributed by atoms with Gasteiger partial charge in [-0.1, -0.05) is 109 Å². The molecule has 3 aliphatic rings. The lowest BCUT2D eigenvalue weighted by atomic mass is 9.91. The predicted octanol–water partition coefficient (Wildman–Crippen LogP) is 7.93. The highest BCUT2D eigenvalue weighted by Gasteiger charge is 2.38. The summed E-state index contributed by atoms with van der Waals surface area (Å²) in [7, 11) is 0. The van der Waals surface area contributed by atoms with E-state index in [0.29, 0.717) is 17.2 Å². The average Bonchev–Trinajstić information content (AvgIpc) is 3.65. The molecule has 1 aromatic heterocycles. The first kappa shape index (κ1) is 26.6. The van der Waals surface area contributed by atoms with Gasteiger partial charge in [-0.15, -0.1) is 11.3 Å². The highest BCUT2D eigenvalue weighted by Crippen LogP contribution is 2.47. The van der Waals surface area contributed by atoms with Crippen molar-refractivity contribution in [1.29, 1.82) is 5.26 Å². The summed E-state index contributed by atoms with van der Waals surface area (Å²) in [5.41, 5.74) is 7.13. The number of benzene rings is 5. The van der Waals surface area contributed by atoms with E-state index in [2.05, 4.69) is 95.9 Å². The molecule has 3 unspecified atom stereocenters. The Kier molecular flexibility index (Phi) is 6.19. The first-order valence-corrected chi connectivity index (χ1v) is 16.2. The maximum absolute atomic E-state index is 9.29. The Morgan fingerprint density at radius 1 is 0.739 bits per heavy atom. The number of amidine groups is 2. The standard InChI is InChI=1S/C40H26N5S/c41-24-25-14-16-27(17-15-25)39-42-38(26-8-2-1-3-9-26)43-40(44-39)28-18-20-29(21-19-28)45-34-12-6-4-10-30(34)32-23-37-33(22-35(32)45)31-11-5-7-13-36(31)46-37/h1-23,32,35,39H/q-1. The zero-order chi connectivity index (χ0) is 30.6. The summed E-state index contributed by atoms with van der Waals surface area (Å²) in [6, 6.07) is 46.0. The maximum Gasteiger partial charge on any atom is 0.0991 e. The van der Waals surface area contributed by atoms with Crippen molar-refractivity contribution in [3.63, 3.8) is 0 Å². The van der Waals surface area contributed by atoms with Crippen LogP contribution < -0.4 is 14.7 Å². The summed E-state index contributed by atoms with van der Waals surface area (Å²) >= 11 is 1.88. The van der Waals surface area contributed by atoms with Crippen LogP contribution in [0.4, 0.5) is 11.4 Å². The molecule has 0 bridgehead atoms. The Morgan fingerprint density at radius 3 is 2.33 bits per heavy atom. The maximum atomic E-state index is 9.29. The average molecular weight is 609 g/mol. The summed E-state index contributed by atoms with van der Waals surface area (Å²) in [6.07, 6.45) is 4.49. The fourth-order valence-corrected chi connectivity index (χ4v) is 7.99. The molecule has 46 heavy (non-hydrogen) atoms. The van der Waals surface area contributed by atoms with E-state index in [1.807, 2.05) is 65.9 Å². The van der Waals surface area contributed by atoms with Gasteiger partial charge in [0.05, 0.1) is 29.7 Å². The van der Waals surface area contributed by atoms with E-state index in [1.165, 1.54) is 31.1 Å². The van der Waals surface area contributed by atoms with Crippen molar-refractivity contribution in [3.8, 4) is 6.07 Å². The molecule has 0 radical (unpaired) electrons. The lowest BCUT2D eigenvalue weighted by Gasteiger charge is -2.32. The smallest absolute Gasteiger partial charge is 0.0991 e. The van der Waals surface area contributed by atoms with Crippen LogP contribution in [0.25, 0.3) is 27.6 Å². The third-order valence-corrected chi connectivity index (χ3v) is 10.2. The van der Waals surface area contributed by atoms with Gasteiger partial charge in [-0.2, -0.15) is 5.26 Å². The largest absolute Gasteiger partial charge is 0.438 e. The van der Waals surface area contributed by atoms with Crippen molar-refractivity contribution in [1.82, 2.24) is 0 Å². The molecule has 218 valence electrons. The number of hydrogen-bond donors (Lipinski definition) is 0. The minimum absolute atomic E-state index is 0.183. The molecule has 0 saturated carbocycles. The molecule has 6 heteroatoms. The summed E-state index contributed by atoms with van der Waals surface area (Å²) in [5.74, 6) is 1.57. The zero-order valence-corrected chi connectivity index (χ0v) is 25.5. The van der Waals surface area contributed by atoms with Crippen LogP contribution in [0, 0.1) is 11.3 Å². The molecule has 0 fully saturated rings. The van der Waals surface area contributed by atoms with Gasteiger partial charge in [0, 0.05) is 31.9 Å². The molecule has 1 aliphatic carbocycles. The second-order valence-corrected chi connectivity index (χ2v) is 12.8. The first-order chi connectivity index (χ1) is 22.7. The second kappa shape index (κ2) is 10.7. The van der Waals surface area contributed by atoms with Crippen LogP contribution in [0.2, 0.25) is 0 Å². The van der Waals surface area contributed by atoms with Gasteiger partial charge in [-0.05, 0) is 63.9 Å². The van der Waals surface area contributed by atoms with E-state index in [0.717, 1.165) is 22.4 Å². The number of para-hydroxylation sites is 1. The van der Waals surface area contributed by atoms with Crippen LogP contribution in [0.15, 0.2) is 137 Å². The van der Waals surface area contributed by atoms with Crippen molar-refractivity contribution in [3.05, 3.63) is 170 Å². The Labute approximate surface area is 270 Å². The van der Waals surface area contributed by atoms with E-state index >= 15 is 0 Å². The number of rotatable bonds is 4. The Morgan fingerprint density at radius 2 is 1.50 bits per heavy atom. The molecule has 0 saturated heterocycles. The second-order valence-electron chi connectivity index (χ2n) is 11.7. The van der Waals surface area contributed by atoms with Crippen molar-refractivity contribution in [2.45, 2.75) is 18.1 Å². The van der Waals surface area contributed by atoms with Gasteiger partial charge in [-0.25, -0.2) is 0 Å². The number of nitrogens with zero attached hydrogens (tertiary/aromatic N) is 5. The number of aliphatic imine (C=N–C) groups is 2. The fourth-order valence-electron chi connectivity index (χ4n) is 6.82. The van der Waals surface area contributed by atoms with Crippen molar-refractivity contribution in [2.75, 3.05) is 4.90 Å². The summed E-state index contributed by atoms with van der Waals surface area (Å²) in [5, 5.41) is 16.9. The van der Waals surface area contributed by atoms with Gasteiger partial charge in [0.1, 0.15) is 0 Å². The molecule has 2 aliphatic heterocycles. The van der Waals surface area contributed by atoms with Crippen LogP contribution in [0.5, 0.6) is 0 Å². The van der Waals surface area contributed by atoms with Crippen LogP contribution in [0.1, 0.15) is 39.9 Å². The van der Waals surface area contributed by atoms with Gasteiger partial charge in [0.25, 0.3) is 0 Å². The summed E-state index contributed by atoms with van der Waals surface area (Å²) in [6.45, 7) is 0. The molecule has 6 aromatic rings. The summed E-state index contributed by atoms with van der Waals surface area (Å²) < 4.78 is 2.69. The van der Waals surface area contributed by atoms with Gasteiger partial charge in [0.15, 0.2) is 0 Å². The van der Waals surface area contributed by atoms with Crippen LogP contribution >= 0.6 is 11.3 Å². The number of anilines is 2. The molecule has 5 aromatic carbocycles. The minimum atomic E-state index is -0.455. The minimum Gasteiger partial charge on any atom is -0.438 e. The molecular formula is C40H26N5S-. The molecule has 0 amide bonds. The molecule has 9 rings (SSSR count). The van der Waals surface area contributed by atoms with E-state index in [1.54, 1.807) is 0 Å². The Hall–Kier alpha value is -5.77. The number of hydrogen-bond acceptors (Lipinski definition) is 5. The first-order valence-electron chi connectivity index (χ1n) is 15.4. The summed E-state index contributed by atoms with van der Waals surface area (Å²) in [4.78, 5) is 12.4. The van der Waals surface area contributed by atoms with Gasteiger partial charge < -0.3 is 15.2 Å².